The number of nitrogens with one attached hydrogen (secondary N) is 1. The predicted octanol–water partition coefficient (Wildman–Crippen LogP) is 1.56. The molecular weight excluding hydrogens is 252 g/mol. The molecule has 1 saturated heterocycles. The normalized spacial score (nSPS) is 22.8. The van der Waals surface area contributed by atoms with Crippen LogP contribution in [-0.4, -0.2) is 43.1 Å². The van der Waals surface area contributed by atoms with Crippen LogP contribution < -0.4 is 10.2 Å². The van der Waals surface area contributed by atoms with E-state index in [1.54, 1.807) is 7.11 Å². The highest BCUT2D eigenvalue weighted by Crippen LogP contribution is 2.31. The van der Waals surface area contributed by atoms with Crippen molar-refractivity contribution in [1.82, 2.24) is 15.1 Å². The number of rotatable bonds is 6. The average Bonchev–Trinajstić information content (AvgIpc) is 2.86. The Labute approximate surface area is 122 Å². The van der Waals surface area contributed by atoms with Crippen molar-refractivity contribution in [2.45, 2.75) is 27.3 Å². The highest BCUT2D eigenvalue weighted by atomic mass is 16.5. The molecule has 2 rings (SSSR count). The van der Waals surface area contributed by atoms with Crippen LogP contribution in [0.15, 0.2) is 0 Å². The van der Waals surface area contributed by atoms with Crippen molar-refractivity contribution in [3.05, 3.63) is 11.3 Å². The number of nitrogens with zero attached hydrogens (tertiary/aromatic N) is 3. The minimum absolute atomic E-state index is 0.742. The van der Waals surface area contributed by atoms with Gasteiger partial charge in [0.25, 0.3) is 0 Å². The molecule has 0 aromatic carbocycles. The maximum Gasteiger partial charge on any atom is 0.131 e. The first-order chi connectivity index (χ1) is 9.54. The molecule has 5 heteroatoms. The molecular formula is C15H28N4O. The summed E-state index contributed by atoms with van der Waals surface area (Å²) < 4.78 is 7.11. The second kappa shape index (κ2) is 6.59. The number of hydrogen-bond donors (Lipinski definition) is 1. The topological polar surface area (TPSA) is 42.3 Å². The first-order valence-electron chi connectivity index (χ1n) is 7.51. The molecule has 1 N–H and O–H groups in total. The van der Waals surface area contributed by atoms with Crippen LogP contribution in [0.3, 0.4) is 0 Å². The molecule has 5 nitrogen and oxygen atoms in total. The fourth-order valence-electron chi connectivity index (χ4n) is 2.98. The summed E-state index contributed by atoms with van der Waals surface area (Å²) in [6, 6.07) is 0. The van der Waals surface area contributed by atoms with Gasteiger partial charge in [-0.1, -0.05) is 13.8 Å². The number of hydrogen-bond acceptors (Lipinski definition) is 4. The lowest BCUT2D eigenvalue weighted by Crippen LogP contribution is -2.25. The molecule has 2 atom stereocenters. The summed E-state index contributed by atoms with van der Waals surface area (Å²) >= 11 is 0. The molecule has 1 aliphatic heterocycles. The first kappa shape index (κ1) is 15.3. The fraction of sp³-hybridized carbons (Fsp3) is 0.800. The lowest BCUT2D eigenvalue weighted by Gasteiger charge is -2.20. The molecule has 2 heterocycles. The van der Waals surface area contributed by atoms with E-state index in [9.17, 15) is 0 Å². The molecule has 1 aliphatic rings. The van der Waals surface area contributed by atoms with Crippen LogP contribution in [0.25, 0.3) is 0 Å². The van der Waals surface area contributed by atoms with Crippen LogP contribution in [0.1, 0.15) is 25.1 Å². The van der Waals surface area contributed by atoms with Gasteiger partial charge in [0, 0.05) is 45.9 Å². The quantitative estimate of drug-likeness (QED) is 0.803. The van der Waals surface area contributed by atoms with E-state index >= 15 is 0 Å². The molecule has 0 radical (unpaired) electrons. The lowest BCUT2D eigenvalue weighted by molar-refractivity contribution is 0.199. The summed E-state index contributed by atoms with van der Waals surface area (Å²) in [5.41, 5.74) is 2.45. The molecule has 0 amide bonds. The second-order valence-corrected chi connectivity index (χ2v) is 6.04. The Morgan fingerprint density at radius 3 is 2.55 bits per heavy atom. The minimum Gasteiger partial charge on any atom is -0.383 e. The standard InChI is InChI=1S/C15H28N4O/c1-11-9-19(10-12(11)2)15-14(8-16-6-7-20-5)13(3)17-18(15)4/h11-12,16H,6-10H2,1-5H3. The molecule has 1 fully saturated rings. The Kier molecular flexibility index (Phi) is 5.05. The molecule has 0 saturated carbocycles. The molecule has 1 aromatic rings. The third-order valence-electron chi connectivity index (χ3n) is 4.39. The zero-order valence-electron chi connectivity index (χ0n) is 13.4. The third kappa shape index (κ3) is 3.15. The first-order valence-corrected chi connectivity index (χ1v) is 7.51. The van der Waals surface area contributed by atoms with E-state index in [-0.39, 0.29) is 0 Å². The third-order valence-corrected chi connectivity index (χ3v) is 4.39. The van der Waals surface area contributed by atoms with Gasteiger partial charge in [0.1, 0.15) is 5.82 Å². The van der Waals surface area contributed by atoms with E-state index in [1.165, 1.54) is 11.4 Å². The van der Waals surface area contributed by atoms with Crippen molar-refractivity contribution in [1.29, 1.82) is 0 Å². The van der Waals surface area contributed by atoms with E-state index in [1.807, 2.05) is 4.68 Å². The van der Waals surface area contributed by atoms with Crippen LogP contribution in [0, 0.1) is 18.8 Å². The van der Waals surface area contributed by atoms with Gasteiger partial charge >= 0.3 is 0 Å². The van der Waals surface area contributed by atoms with Gasteiger partial charge in [-0.05, 0) is 18.8 Å². The maximum atomic E-state index is 5.08. The second-order valence-electron chi connectivity index (χ2n) is 6.04. The molecule has 0 bridgehead atoms. The summed E-state index contributed by atoms with van der Waals surface area (Å²) in [6.07, 6.45) is 0. The van der Waals surface area contributed by atoms with Gasteiger partial charge in [-0.2, -0.15) is 5.10 Å². The highest BCUT2D eigenvalue weighted by Gasteiger charge is 2.30. The number of aryl methyl sites for hydroxylation is 2. The van der Waals surface area contributed by atoms with Crippen molar-refractivity contribution in [2.24, 2.45) is 18.9 Å². The van der Waals surface area contributed by atoms with Crippen molar-refractivity contribution < 1.29 is 4.74 Å². The van der Waals surface area contributed by atoms with Gasteiger partial charge in [0.15, 0.2) is 0 Å². The molecule has 0 spiro atoms. The van der Waals surface area contributed by atoms with Crippen LogP contribution in [0.5, 0.6) is 0 Å². The van der Waals surface area contributed by atoms with Crippen molar-refractivity contribution >= 4 is 5.82 Å². The molecule has 114 valence electrons. The van der Waals surface area contributed by atoms with Crippen molar-refractivity contribution in [3.63, 3.8) is 0 Å². The average molecular weight is 280 g/mol. The van der Waals surface area contributed by atoms with Gasteiger partial charge in [-0.25, -0.2) is 0 Å². The summed E-state index contributed by atoms with van der Waals surface area (Å²) in [6.45, 7) is 11.5. The molecule has 0 aliphatic carbocycles. The summed E-state index contributed by atoms with van der Waals surface area (Å²) in [5.74, 6) is 2.78. The predicted molar refractivity (Wildman–Crippen MR) is 82.1 cm³/mol. The number of methoxy groups -OCH3 is 1. The van der Waals surface area contributed by atoms with E-state index < -0.39 is 0 Å². The number of anilines is 1. The molecule has 1 aromatic heterocycles. The zero-order valence-corrected chi connectivity index (χ0v) is 13.4. The smallest absolute Gasteiger partial charge is 0.131 e. The van der Waals surface area contributed by atoms with E-state index in [4.69, 9.17) is 4.74 Å². The number of ether oxygens (including phenoxy) is 1. The minimum atomic E-state index is 0.742. The Bertz CT molecular complexity index is 433. The zero-order chi connectivity index (χ0) is 14.7. The Hall–Kier alpha value is -1.07. The van der Waals surface area contributed by atoms with Gasteiger partial charge in [0.2, 0.25) is 0 Å². The Morgan fingerprint density at radius 1 is 1.30 bits per heavy atom. The van der Waals surface area contributed by atoms with E-state index in [0.717, 1.165) is 50.3 Å². The van der Waals surface area contributed by atoms with Gasteiger partial charge in [-0.15, -0.1) is 0 Å². The number of aromatic nitrogens is 2. The van der Waals surface area contributed by atoms with Gasteiger partial charge in [0.05, 0.1) is 12.3 Å². The van der Waals surface area contributed by atoms with Crippen LogP contribution >= 0.6 is 0 Å². The van der Waals surface area contributed by atoms with Crippen LogP contribution in [0.2, 0.25) is 0 Å². The lowest BCUT2D eigenvalue weighted by atomic mass is 10.0. The van der Waals surface area contributed by atoms with Crippen LogP contribution in [0.4, 0.5) is 5.82 Å². The Morgan fingerprint density at radius 2 is 1.95 bits per heavy atom. The molecule has 2 unspecified atom stereocenters. The van der Waals surface area contributed by atoms with Crippen LogP contribution in [-0.2, 0) is 18.3 Å². The summed E-state index contributed by atoms with van der Waals surface area (Å²) in [4.78, 5) is 2.49. The Balaban J connectivity index is 2.11. The van der Waals surface area contributed by atoms with E-state index in [2.05, 4.69) is 43.1 Å². The SMILES string of the molecule is COCCNCc1c(C)nn(C)c1N1CC(C)C(C)C1. The van der Waals surface area contributed by atoms with Gasteiger partial charge in [-0.3, -0.25) is 4.68 Å². The van der Waals surface area contributed by atoms with Gasteiger partial charge < -0.3 is 15.0 Å². The fourth-order valence-corrected chi connectivity index (χ4v) is 2.98. The largest absolute Gasteiger partial charge is 0.383 e. The molecule has 20 heavy (non-hydrogen) atoms. The van der Waals surface area contributed by atoms with Crippen molar-refractivity contribution in [3.8, 4) is 0 Å². The maximum absolute atomic E-state index is 5.08. The van der Waals surface area contributed by atoms with Crippen molar-refractivity contribution in [2.75, 3.05) is 38.3 Å². The van der Waals surface area contributed by atoms with E-state index in [0.29, 0.717) is 0 Å². The highest BCUT2D eigenvalue weighted by molar-refractivity contribution is 5.51. The summed E-state index contributed by atoms with van der Waals surface area (Å²) in [5, 5.41) is 8.05. The summed E-state index contributed by atoms with van der Waals surface area (Å²) in [7, 11) is 3.78. The monoisotopic (exact) mass is 280 g/mol.